The zero-order valence-corrected chi connectivity index (χ0v) is 15.8. The molecular formula is C20H25FN5O. The van der Waals surface area contributed by atoms with Gasteiger partial charge in [0.1, 0.15) is 17.8 Å². The van der Waals surface area contributed by atoms with Gasteiger partial charge in [-0.3, -0.25) is 0 Å². The van der Waals surface area contributed by atoms with E-state index in [1.165, 1.54) is 12.1 Å². The van der Waals surface area contributed by atoms with Crippen LogP contribution in [0.25, 0.3) is 0 Å². The van der Waals surface area contributed by atoms with Gasteiger partial charge in [0.25, 0.3) is 0 Å². The first-order chi connectivity index (χ1) is 13.1. The number of nitrogens with zero attached hydrogens (tertiary/aromatic N) is 5. The Bertz CT molecular complexity index is 777. The molecule has 27 heavy (non-hydrogen) atoms. The molecular weight excluding hydrogens is 345 g/mol. The summed E-state index contributed by atoms with van der Waals surface area (Å²) in [7, 11) is 0. The molecule has 0 aliphatic heterocycles. The van der Waals surface area contributed by atoms with E-state index >= 15 is 0 Å². The Morgan fingerprint density at radius 3 is 2.70 bits per heavy atom. The van der Waals surface area contributed by atoms with Crippen molar-refractivity contribution in [2.24, 2.45) is 4.99 Å². The summed E-state index contributed by atoms with van der Waals surface area (Å²) in [6.07, 6.45) is 5.56. The van der Waals surface area contributed by atoms with Crippen LogP contribution in [0.1, 0.15) is 26.7 Å². The van der Waals surface area contributed by atoms with Gasteiger partial charge in [-0.25, -0.2) is 14.4 Å². The predicted molar refractivity (Wildman–Crippen MR) is 108 cm³/mol. The number of hydrogen-bond acceptors (Lipinski definition) is 6. The molecule has 0 bridgehead atoms. The Morgan fingerprint density at radius 1 is 1.30 bits per heavy atom. The first kappa shape index (κ1) is 20.5. The number of aldehydes is 1. The van der Waals surface area contributed by atoms with E-state index < -0.39 is 0 Å². The van der Waals surface area contributed by atoms with Crippen LogP contribution in [0.4, 0.5) is 27.5 Å². The molecule has 0 amide bonds. The average Bonchev–Trinajstić information content (AvgIpc) is 2.68. The van der Waals surface area contributed by atoms with Crippen molar-refractivity contribution in [3.05, 3.63) is 43.2 Å². The van der Waals surface area contributed by atoms with E-state index in [-0.39, 0.29) is 12.4 Å². The second-order valence-electron chi connectivity index (χ2n) is 5.76. The molecule has 2 aromatic rings. The summed E-state index contributed by atoms with van der Waals surface area (Å²) < 4.78 is 13.7. The lowest BCUT2D eigenvalue weighted by atomic mass is 10.2. The van der Waals surface area contributed by atoms with Crippen molar-refractivity contribution >= 4 is 35.6 Å². The number of carbonyl (C=O) groups is 1. The minimum atomic E-state index is -0.383. The van der Waals surface area contributed by atoms with Crippen molar-refractivity contribution < 1.29 is 9.18 Å². The number of rotatable bonds is 10. The molecule has 1 radical (unpaired) electrons. The third-order valence-electron chi connectivity index (χ3n) is 4.00. The van der Waals surface area contributed by atoms with Crippen LogP contribution in [0.5, 0.6) is 0 Å². The van der Waals surface area contributed by atoms with Gasteiger partial charge in [-0.15, -0.1) is 0 Å². The summed E-state index contributed by atoms with van der Waals surface area (Å²) in [6.45, 7) is 9.42. The second-order valence-corrected chi connectivity index (χ2v) is 5.76. The van der Waals surface area contributed by atoms with Crippen molar-refractivity contribution in [1.82, 2.24) is 9.97 Å². The number of unbranched alkanes of at least 4 members (excludes halogenated alkanes) is 1. The van der Waals surface area contributed by atoms with Gasteiger partial charge in [0.15, 0.2) is 5.82 Å². The van der Waals surface area contributed by atoms with Crippen LogP contribution < -0.4 is 9.80 Å². The van der Waals surface area contributed by atoms with Crippen LogP contribution in [0, 0.1) is 12.7 Å². The first-order valence-corrected chi connectivity index (χ1v) is 9.05. The molecule has 0 atom stereocenters. The van der Waals surface area contributed by atoms with Gasteiger partial charge in [0, 0.05) is 25.0 Å². The fraction of sp³-hybridized carbons (Fsp3) is 0.350. The Balaban J connectivity index is 2.54. The number of aliphatic imine (C=N–C) groups is 1. The highest BCUT2D eigenvalue weighted by molar-refractivity contribution is 5.79. The van der Waals surface area contributed by atoms with E-state index in [0.29, 0.717) is 29.6 Å². The SMILES string of the molecule is [CH2]CCC=Nc1nc(N(CC)CC)ncc1N(CC=O)c1cccc(F)c1. The van der Waals surface area contributed by atoms with Gasteiger partial charge in [0.2, 0.25) is 5.95 Å². The molecule has 0 spiro atoms. The maximum Gasteiger partial charge on any atom is 0.227 e. The number of hydrogen-bond donors (Lipinski definition) is 0. The van der Waals surface area contributed by atoms with Gasteiger partial charge in [-0.05, 0) is 44.9 Å². The fourth-order valence-corrected chi connectivity index (χ4v) is 2.61. The Morgan fingerprint density at radius 2 is 2.07 bits per heavy atom. The first-order valence-electron chi connectivity index (χ1n) is 9.05. The Kier molecular flexibility index (Phi) is 7.85. The number of benzene rings is 1. The lowest BCUT2D eigenvalue weighted by molar-refractivity contribution is -0.106. The zero-order valence-electron chi connectivity index (χ0n) is 15.8. The molecule has 0 unspecified atom stereocenters. The average molecular weight is 370 g/mol. The minimum absolute atomic E-state index is 0.0370. The molecule has 0 N–H and O–H groups in total. The Labute approximate surface area is 159 Å². The van der Waals surface area contributed by atoms with E-state index in [1.54, 1.807) is 29.4 Å². The number of anilines is 3. The lowest BCUT2D eigenvalue weighted by Gasteiger charge is -2.25. The van der Waals surface area contributed by atoms with Gasteiger partial charge < -0.3 is 14.6 Å². The van der Waals surface area contributed by atoms with E-state index in [0.717, 1.165) is 25.8 Å². The van der Waals surface area contributed by atoms with Crippen molar-refractivity contribution in [3.63, 3.8) is 0 Å². The summed E-state index contributed by atoms with van der Waals surface area (Å²) >= 11 is 0. The maximum absolute atomic E-state index is 13.7. The normalized spacial score (nSPS) is 11.0. The van der Waals surface area contributed by atoms with E-state index in [9.17, 15) is 9.18 Å². The van der Waals surface area contributed by atoms with Crippen molar-refractivity contribution in [3.8, 4) is 0 Å². The minimum Gasteiger partial charge on any atom is -0.341 e. The van der Waals surface area contributed by atoms with E-state index in [1.807, 2.05) is 18.7 Å². The molecule has 0 aliphatic carbocycles. The number of halogens is 1. The molecule has 6 nitrogen and oxygen atoms in total. The van der Waals surface area contributed by atoms with Crippen LogP contribution in [0.2, 0.25) is 0 Å². The summed E-state index contributed by atoms with van der Waals surface area (Å²) in [6, 6.07) is 6.05. The zero-order chi connectivity index (χ0) is 19.6. The second kappa shape index (κ2) is 10.4. The van der Waals surface area contributed by atoms with Crippen LogP contribution in [-0.2, 0) is 4.79 Å². The molecule has 7 heteroatoms. The van der Waals surface area contributed by atoms with Gasteiger partial charge in [-0.1, -0.05) is 13.0 Å². The highest BCUT2D eigenvalue weighted by atomic mass is 19.1. The van der Waals surface area contributed by atoms with Crippen molar-refractivity contribution in [1.29, 1.82) is 0 Å². The van der Waals surface area contributed by atoms with E-state index in [2.05, 4.69) is 21.9 Å². The summed E-state index contributed by atoms with van der Waals surface area (Å²) in [5.74, 6) is 0.619. The maximum atomic E-state index is 13.7. The Hall–Kier alpha value is -2.83. The smallest absolute Gasteiger partial charge is 0.227 e. The molecule has 0 saturated carbocycles. The molecule has 1 aromatic carbocycles. The number of aromatic nitrogens is 2. The summed E-state index contributed by atoms with van der Waals surface area (Å²) in [5.41, 5.74) is 1.08. The van der Waals surface area contributed by atoms with Gasteiger partial charge >= 0.3 is 0 Å². The molecule has 1 aromatic heterocycles. The highest BCUT2D eigenvalue weighted by Gasteiger charge is 2.17. The monoisotopic (exact) mass is 370 g/mol. The van der Waals surface area contributed by atoms with Crippen LogP contribution in [0.3, 0.4) is 0 Å². The van der Waals surface area contributed by atoms with Gasteiger partial charge in [-0.2, -0.15) is 4.98 Å². The quantitative estimate of drug-likeness (QED) is 0.465. The molecule has 0 aliphatic rings. The fourth-order valence-electron chi connectivity index (χ4n) is 2.61. The standard InChI is InChI=1S/C20H25FN5O/c1-4-7-11-22-19-18(15-23-20(24-19)25(5-2)6-3)26(12-13-27)17-10-8-9-16(21)14-17/h8-11,13-15H,1,4-7,12H2,2-3H3. The largest absolute Gasteiger partial charge is 0.341 e. The third-order valence-corrected chi connectivity index (χ3v) is 4.00. The van der Waals surface area contributed by atoms with Crippen LogP contribution in [0.15, 0.2) is 35.5 Å². The molecule has 143 valence electrons. The topological polar surface area (TPSA) is 61.7 Å². The molecule has 0 saturated heterocycles. The summed E-state index contributed by atoms with van der Waals surface area (Å²) in [4.78, 5) is 28.4. The predicted octanol–water partition coefficient (Wildman–Crippen LogP) is 4.12. The highest BCUT2D eigenvalue weighted by Crippen LogP contribution is 2.33. The van der Waals surface area contributed by atoms with E-state index in [4.69, 9.17) is 0 Å². The molecule has 1 heterocycles. The summed E-state index contributed by atoms with van der Waals surface area (Å²) in [5, 5.41) is 0. The van der Waals surface area contributed by atoms with Crippen molar-refractivity contribution in [2.75, 3.05) is 29.4 Å². The molecule has 0 fully saturated rings. The van der Waals surface area contributed by atoms with Crippen LogP contribution in [-0.4, -0.2) is 42.1 Å². The third kappa shape index (κ3) is 5.32. The van der Waals surface area contributed by atoms with Gasteiger partial charge in [0.05, 0.1) is 12.7 Å². The molecule has 2 rings (SSSR count). The number of carbonyl (C=O) groups excluding carboxylic acids is 1. The van der Waals surface area contributed by atoms with Crippen molar-refractivity contribution in [2.45, 2.75) is 26.7 Å². The lowest BCUT2D eigenvalue weighted by Crippen LogP contribution is -2.25. The van der Waals surface area contributed by atoms with Crippen LogP contribution >= 0.6 is 0 Å².